The average Bonchev–Trinajstić information content (AvgIpc) is 3.11. The topological polar surface area (TPSA) is 78.5 Å². The van der Waals surface area contributed by atoms with Gasteiger partial charge in [0.15, 0.2) is 10.5 Å². The summed E-state index contributed by atoms with van der Waals surface area (Å²) in [6.45, 7) is 1.98. The van der Waals surface area contributed by atoms with E-state index in [1.807, 2.05) is 25.1 Å². The molecule has 0 aliphatic heterocycles. The van der Waals surface area contributed by atoms with Crippen molar-refractivity contribution in [1.82, 2.24) is 14.3 Å². The summed E-state index contributed by atoms with van der Waals surface area (Å²) in [5, 5.41) is 4.06. The maximum Gasteiger partial charge on any atom is 0.325 e. The number of carbonyl (C=O) groups is 2. The lowest BCUT2D eigenvalue weighted by Crippen LogP contribution is -2.22. The molecule has 0 unspecified atom stereocenters. The summed E-state index contributed by atoms with van der Waals surface area (Å²) in [5.74, 6) is -0.848. The number of esters is 1. The Bertz CT molecular complexity index is 996. The molecule has 0 aliphatic carbocycles. The molecule has 1 amide bonds. The lowest BCUT2D eigenvalue weighted by atomic mass is 10.2. The monoisotopic (exact) mass is 344 g/mol. The molecule has 0 bridgehead atoms. The van der Waals surface area contributed by atoms with Crippen LogP contribution in [-0.2, 0) is 23.1 Å². The highest BCUT2D eigenvalue weighted by molar-refractivity contribution is 7.16. The van der Waals surface area contributed by atoms with Gasteiger partial charge in [-0.25, -0.2) is 0 Å². The number of amides is 1. The molecule has 0 atom stereocenters. The van der Waals surface area contributed by atoms with Crippen LogP contribution in [0.2, 0.25) is 0 Å². The van der Waals surface area contributed by atoms with Crippen LogP contribution in [0.3, 0.4) is 0 Å². The van der Waals surface area contributed by atoms with Crippen LogP contribution in [0.5, 0.6) is 0 Å². The summed E-state index contributed by atoms with van der Waals surface area (Å²) < 4.78 is 8.92. The quantitative estimate of drug-likeness (QED) is 0.677. The van der Waals surface area contributed by atoms with Gasteiger partial charge in [0.2, 0.25) is 0 Å². The van der Waals surface area contributed by atoms with Crippen LogP contribution in [0.25, 0.3) is 10.2 Å². The van der Waals surface area contributed by atoms with E-state index in [2.05, 4.69) is 10.1 Å². The van der Waals surface area contributed by atoms with Gasteiger partial charge in [-0.1, -0.05) is 17.4 Å². The molecule has 0 radical (unpaired) electrons. The normalized spacial score (nSPS) is 11.9. The molecule has 7 nitrogen and oxygen atoms in total. The molecular formula is C16H16N4O3S. The van der Waals surface area contributed by atoms with Crippen LogP contribution in [-0.4, -0.2) is 33.3 Å². The standard InChI is InChI=1S/C16H16N4O3S/c1-10-4-5-12-13(8-10)24-16(20(12)9-14(21)23-3)17-15(22)11-6-7-19(2)18-11/h4-8H,9H2,1-3H3. The number of ether oxygens (including phenoxy) is 1. The van der Waals surface area contributed by atoms with Gasteiger partial charge in [-0.15, -0.1) is 0 Å². The fraction of sp³-hybridized carbons (Fsp3) is 0.250. The first-order valence-electron chi connectivity index (χ1n) is 7.23. The Morgan fingerprint density at radius 3 is 2.79 bits per heavy atom. The summed E-state index contributed by atoms with van der Waals surface area (Å²) in [6.07, 6.45) is 1.68. The number of benzene rings is 1. The van der Waals surface area contributed by atoms with E-state index in [9.17, 15) is 9.59 Å². The number of hydrogen-bond acceptors (Lipinski definition) is 5. The molecule has 3 rings (SSSR count). The molecule has 0 N–H and O–H groups in total. The van der Waals surface area contributed by atoms with Crippen molar-refractivity contribution in [2.45, 2.75) is 13.5 Å². The summed E-state index contributed by atoms with van der Waals surface area (Å²) in [6, 6.07) is 7.47. The lowest BCUT2D eigenvalue weighted by molar-refractivity contribution is -0.141. The maximum absolute atomic E-state index is 12.3. The van der Waals surface area contributed by atoms with Crippen LogP contribution in [0, 0.1) is 6.92 Å². The molecule has 2 heterocycles. The minimum atomic E-state index is -0.447. The van der Waals surface area contributed by atoms with Gasteiger partial charge in [-0.3, -0.25) is 14.3 Å². The summed E-state index contributed by atoms with van der Waals surface area (Å²) in [5.41, 5.74) is 2.19. The highest BCUT2D eigenvalue weighted by Gasteiger charge is 2.13. The van der Waals surface area contributed by atoms with Crippen molar-refractivity contribution in [1.29, 1.82) is 0 Å². The fourth-order valence-corrected chi connectivity index (χ4v) is 3.41. The second-order valence-corrected chi connectivity index (χ2v) is 6.32. The highest BCUT2D eigenvalue weighted by atomic mass is 32.1. The van der Waals surface area contributed by atoms with E-state index in [4.69, 9.17) is 4.74 Å². The van der Waals surface area contributed by atoms with Crippen LogP contribution < -0.4 is 4.80 Å². The smallest absolute Gasteiger partial charge is 0.325 e. The maximum atomic E-state index is 12.3. The molecule has 0 aliphatic rings. The number of rotatable bonds is 3. The van der Waals surface area contributed by atoms with Gasteiger partial charge < -0.3 is 9.30 Å². The number of methoxy groups -OCH3 is 1. The summed E-state index contributed by atoms with van der Waals surface area (Å²) >= 11 is 1.35. The zero-order valence-corrected chi connectivity index (χ0v) is 14.3. The molecule has 3 aromatic rings. The molecule has 2 aromatic heterocycles. The highest BCUT2D eigenvalue weighted by Crippen LogP contribution is 2.19. The Morgan fingerprint density at radius 2 is 2.12 bits per heavy atom. The minimum absolute atomic E-state index is 0.00606. The second-order valence-electron chi connectivity index (χ2n) is 5.31. The molecule has 124 valence electrons. The minimum Gasteiger partial charge on any atom is -0.468 e. The molecule has 24 heavy (non-hydrogen) atoms. The number of fused-ring (bicyclic) bond motifs is 1. The van der Waals surface area contributed by atoms with Crippen molar-refractivity contribution in [3.05, 3.63) is 46.5 Å². The largest absolute Gasteiger partial charge is 0.468 e. The third-order valence-corrected chi connectivity index (χ3v) is 4.52. The Morgan fingerprint density at radius 1 is 1.33 bits per heavy atom. The zero-order valence-electron chi connectivity index (χ0n) is 13.5. The third-order valence-electron chi connectivity index (χ3n) is 3.48. The molecule has 0 fully saturated rings. The van der Waals surface area contributed by atoms with Gasteiger partial charge >= 0.3 is 5.97 Å². The predicted molar refractivity (Wildman–Crippen MR) is 89.7 cm³/mol. The van der Waals surface area contributed by atoms with Crippen molar-refractivity contribution in [2.75, 3.05) is 7.11 Å². The van der Waals surface area contributed by atoms with Crippen molar-refractivity contribution < 1.29 is 14.3 Å². The predicted octanol–water partition coefficient (Wildman–Crippen LogP) is 1.66. The van der Waals surface area contributed by atoms with E-state index < -0.39 is 11.9 Å². The Labute approximate surface area is 141 Å². The molecule has 8 heteroatoms. The first kappa shape index (κ1) is 16.1. The van der Waals surface area contributed by atoms with Gasteiger partial charge in [-0.2, -0.15) is 10.1 Å². The number of aryl methyl sites for hydroxylation is 2. The van der Waals surface area contributed by atoms with Gasteiger partial charge in [0.05, 0.1) is 17.3 Å². The van der Waals surface area contributed by atoms with E-state index in [1.54, 1.807) is 28.6 Å². The van der Waals surface area contributed by atoms with Crippen molar-refractivity contribution in [3.63, 3.8) is 0 Å². The number of carbonyl (C=O) groups excluding carboxylic acids is 2. The molecule has 0 saturated carbocycles. The molecule has 1 aromatic carbocycles. The molecular weight excluding hydrogens is 328 g/mol. The van der Waals surface area contributed by atoms with Crippen LogP contribution in [0.1, 0.15) is 16.1 Å². The van der Waals surface area contributed by atoms with Gasteiger partial charge in [0.1, 0.15) is 6.54 Å². The van der Waals surface area contributed by atoms with Crippen molar-refractivity contribution in [2.24, 2.45) is 12.0 Å². The van der Waals surface area contributed by atoms with Crippen molar-refractivity contribution in [3.8, 4) is 0 Å². The van der Waals surface area contributed by atoms with E-state index in [1.165, 1.54) is 18.4 Å². The third kappa shape index (κ3) is 3.13. The van der Waals surface area contributed by atoms with Crippen molar-refractivity contribution >= 4 is 33.4 Å². The Balaban J connectivity index is 2.14. The van der Waals surface area contributed by atoms with E-state index in [-0.39, 0.29) is 12.2 Å². The number of nitrogens with zero attached hydrogens (tertiary/aromatic N) is 4. The first-order valence-corrected chi connectivity index (χ1v) is 8.05. The van der Waals surface area contributed by atoms with Crippen LogP contribution >= 0.6 is 11.3 Å². The second kappa shape index (κ2) is 6.40. The zero-order chi connectivity index (χ0) is 17.3. The first-order chi connectivity index (χ1) is 11.5. The number of thiazole rings is 1. The number of hydrogen-bond donors (Lipinski definition) is 0. The molecule has 0 saturated heterocycles. The number of aromatic nitrogens is 3. The van der Waals surface area contributed by atoms with Gasteiger partial charge in [0, 0.05) is 13.2 Å². The van der Waals surface area contributed by atoms with E-state index in [0.717, 1.165) is 15.8 Å². The van der Waals surface area contributed by atoms with Crippen LogP contribution in [0.4, 0.5) is 0 Å². The van der Waals surface area contributed by atoms with Crippen LogP contribution in [0.15, 0.2) is 35.5 Å². The summed E-state index contributed by atoms with van der Waals surface area (Å²) in [4.78, 5) is 28.6. The summed E-state index contributed by atoms with van der Waals surface area (Å²) in [7, 11) is 3.06. The SMILES string of the molecule is COC(=O)Cn1c(=NC(=O)c2ccn(C)n2)sc2cc(C)ccc21. The van der Waals surface area contributed by atoms with Gasteiger partial charge in [-0.05, 0) is 30.7 Å². The Hall–Kier alpha value is -2.74. The average molecular weight is 344 g/mol. The Kier molecular flexibility index (Phi) is 4.30. The molecule has 0 spiro atoms. The van der Waals surface area contributed by atoms with E-state index in [0.29, 0.717) is 4.80 Å². The lowest BCUT2D eigenvalue weighted by Gasteiger charge is -2.03. The van der Waals surface area contributed by atoms with Gasteiger partial charge in [0.25, 0.3) is 5.91 Å². The fourth-order valence-electron chi connectivity index (χ4n) is 2.29. The van der Waals surface area contributed by atoms with E-state index >= 15 is 0 Å².